The topological polar surface area (TPSA) is 26.9 Å². The highest BCUT2D eigenvalue weighted by molar-refractivity contribution is 5.10. The summed E-state index contributed by atoms with van der Waals surface area (Å²) in [5.41, 5.74) is 2.21. The van der Waals surface area contributed by atoms with Crippen molar-refractivity contribution in [2.75, 3.05) is 0 Å². The van der Waals surface area contributed by atoms with E-state index in [9.17, 15) is 4.79 Å². The van der Waals surface area contributed by atoms with E-state index in [-0.39, 0.29) is 5.69 Å². The molecule has 1 heterocycles. The molecule has 0 bridgehead atoms. The smallest absolute Gasteiger partial charge is 0.299 e. The number of rotatable bonds is 1. The van der Waals surface area contributed by atoms with Crippen LogP contribution in [0, 0.1) is 13.8 Å². The Morgan fingerprint density at radius 2 is 1.82 bits per heavy atom. The summed E-state index contributed by atoms with van der Waals surface area (Å²) in [4.78, 5) is 11.4. The van der Waals surface area contributed by atoms with E-state index in [1.165, 1.54) is 0 Å². The van der Waals surface area contributed by atoms with Crippen LogP contribution in [0.1, 0.15) is 18.3 Å². The molecular weight excluding hydrogens is 140 g/mol. The van der Waals surface area contributed by atoms with Crippen LogP contribution in [0.3, 0.4) is 0 Å². The molecule has 0 atom stereocenters. The predicted molar refractivity (Wildman–Crippen MR) is 44.8 cm³/mol. The number of aromatic nitrogens is 2. The van der Waals surface area contributed by atoms with Gasteiger partial charge in [0.2, 0.25) is 0 Å². The maximum Gasteiger partial charge on any atom is 0.328 e. The van der Waals surface area contributed by atoms with Crippen LogP contribution in [-0.2, 0) is 13.6 Å². The Bertz CT molecular complexity index is 320. The molecule has 0 saturated carbocycles. The summed E-state index contributed by atoms with van der Waals surface area (Å²) in [6.07, 6.45) is 0. The largest absolute Gasteiger partial charge is 0.328 e. The van der Waals surface area contributed by atoms with Gasteiger partial charge in [0, 0.05) is 25.0 Å². The Morgan fingerprint density at radius 3 is 2.00 bits per heavy atom. The van der Waals surface area contributed by atoms with Gasteiger partial charge in [0.25, 0.3) is 0 Å². The Balaban J connectivity index is 3.49. The van der Waals surface area contributed by atoms with Gasteiger partial charge in [0.05, 0.1) is 0 Å². The SMILES string of the molecule is CCn1c(C)c(C)n(C)c1=O. The summed E-state index contributed by atoms with van der Waals surface area (Å²) in [6, 6.07) is 0. The van der Waals surface area contributed by atoms with Crippen LogP contribution >= 0.6 is 0 Å². The molecule has 0 aliphatic carbocycles. The summed E-state index contributed by atoms with van der Waals surface area (Å²) in [6.45, 7) is 6.67. The van der Waals surface area contributed by atoms with Gasteiger partial charge in [-0.05, 0) is 20.8 Å². The second-order valence-electron chi connectivity index (χ2n) is 2.76. The van der Waals surface area contributed by atoms with Crippen molar-refractivity contribution in [3.05, 3.63) is 21.9 Å². The first-order valence-corrected chi connectivity index (χ1v) is 3.82. The lowest BCUT2D eigenvalue weighted by atomic mass is 10.4. The molecule has 0 spiro atoms. The van der Waals surface area contributed by atoms with Gasteiger partial charge in [0.1, 0.15) is 0 Å². The minimum Gasteiger partial charge on any atom is -0.299 e. The standard InChI is InChI=1S/C8H14N2O/c1-5-10-7(3)6(2)9(4)8(10)11/h5H2,1-4H3. The molecule has 0 fully saturated rings. The molecule has 0 amide bonds. The van der Waals surface area contributed by atoms with E-state index in [2.05, 4.69) is 0 Å². The summed E-state index contributed by atoms with van der Waals surface area (Å²) < 4.78 is 3.45. The summed E-state index contributed by atoms with van der Waals surface area (Å²) in [7, 11) is 1.80. The summed E-state index contributed by atoms with van der Waals surface area (Å²) in [5.74, 6) is 0. The quantitative estimate of drug-likeness (QED) is 0.588. The molecule has 11 heavy (non-hydrogen) atoms. The lowest BCUT2D eigenvalue weighted by Gasteiger charge is -1.96. The Hall–Kier alpha value is -0.990. The zero-order valence-electron chi connectivity index (χ0n) is 7.51. The molecule has 0 aliphatic rings. The van der Waals surface area contributed by atoms with Gasteiger partial charge in [0.15, 0.2) is 0 Å². The first kappa shape index (κ1) is 8.11. The fourth-order valence-electron chi connectivity index (χ4n) is 1.28. The van der Waals surface area contributed by atoms with Crippen molar-refractivity contribution in [2.24, 2.45) is 7.05 Å². The monoisotopic (exact) mass is 154 g/mol. The molecule has 62 valence electrons. The molecule has 1 rings (SSSR count). The van der Waals surface area contributed by atoms with E-state index in [4.69, 9.17) is 0 Å². The van der Waals surface area contributed by atoms with Gasteiger partial charge in [-0.3, -0.25) is 9.13 Å². The third-order valence-corrected chi connectivity index (χ3v) is 2.27. The minimum atomic E-state index is 0.0856. The van der Waals surface area contributed by atoms with E-state index in [1.54, 1.807) is 16.2 Å². The average Bonchev–Trinajstić information content (AvgIpc) is 2.17. The van der Waals surface area contributed by atoms with Gasteiger partial charge in [-0.1, -0.05) is 0 Å². The Kier molecular flexibility index (Phi) is 1.89. The third kappa shape index (κ3) is 1.00. The fraction of sp³-hybridized carbons (Fsp3) is 0.625. The molecular formula is C8H14N2O. The fourth-order valence-corrected chi connectivity index (χ4v) is 1.28. The first-order valence-electron chi connectivity index (χ1n) is 3.82. The number of hydrogen-bond donors (Lipinski definition) is 0. The number of imidazole rings is 1. The lowest BCUT2D eigenvalue weighted by molar-refractivity contribution is 0.680. The first-order chi connectivity index (χ1) is 5.09. The van der Waals surface area contributed by atoms with E-state index in [1.807, 2.05) is 20.8 Å². The molecule has 0 unspecified atom stereocenters. The molecule has 0 N–H and O–H groups in total. The molecule has 0 aromatic carbocycles. The highest BCUT2D eigenvalue weighted by atomic mass is 16.1. The van der Waals surface area contributed by atoms with Crippen LogP contribution in [0.4, 0.5) is 0 Å². The van der Waals surface area contributed by atoms with Gasteiger partial charge in [-0.25, -0.2) is 4.79 Å². The molecule has 3 heteroatoms. The Labute approximate surface area is 66.3 Å². The van der Waals surface area contributed by atoms with Crippen molar-refractivity contribution < 1.29 is 0 Å². The predicted octanol–water partition coefficient (Wildman–Crippen LogP) is 0.824. The number of nitrogens with zero attached hydrogens (tertiary/aromatic N) is 2. The van der Waals surface area contributed by atoms with Crippen LogP contribution in [0.25, 0.3) is 0 Å². The van der Waals surface area contributed by atoms with Crippen LogP contribution < -0.4 is 5.69 Å². The highest BCUT2D eigenvalue weighted by Crippen LogP contribution is 2.01. The van der Waals surface area contributed by atoms with Crippen molar-refractivity contribution in [1.82, 2.24) is 9.13 Å². The maximum absolute atomic E-state index is 11.4. The van der Waals surface area contributed by atoms with Gasteiger partial charge >= 0.3 is 5.69 Å². The van der Waals surface area contributed by atoms with E-state index < -0.39 is 0 Å². The normalized spacial score (nSPS) is 10.5. The maximum atomic E-state index is 11.4. The van der Waals surface area contributed by atoms with Crippen LogP contribution in [0.5, 0.6) is 0 Å². The van der Waals surface area contributed by atoms with Crippen molar-refractivity contribution in [2.45, 2.75) is 27.3 Å². The van der Waals surface area contributed by atoms with E-state index in [0.717, 1.165) is 17.9 Å². The van der Waals surface area contributed by atoms with Crippen LogP contribution in [-0.4, -0.2) is 9.13 Å². The molecule has 3 nitrogen and oxygen atoms in total. The van der Waals surface area contributed by atoms with Gasteiger partial charge in [-0.2, -0.15) is 0 Å². The van der Waals surface area contributed by atoms with Crippen molar-refractivity contribution >= 4 is 0 Å². The lowest BCUT2D eigenvalue weighted by Crippen LogP contribution is -2.22. The van der Waals surface area contributed by atoms with E-state index >= 15 is 0 Å². The minimum absolute atomic E-state index is 0.0856. The van der Waals surface area contributed by atoms with Gasteiger partial charge < -0.3 is 0 Å². The average molecular weight is 154 g/mol. The second-order valence-corrected chi connectivity index (χ2v) is 2.76. The van der Waals surface area contributed by atoms with E-state index in [0.29, 0.717) is 0 Å². The van der Waals surface area contributed by atoms with Crippen LogP contribution in [0.15, 0.2) is 4.79 Å². The summed E-state index contributed by atoms with van der Waals surface area (Å²) in [5, 5.41) is 0. The molecule has 0 saturated heterocycles. The molecule has 1 aromatic heterocycles. The van der Waals surface area contributed by atoms with Gasteiger partial charge in [-0.15, -0.1) is 0 Å². The third-order valence-electron chi connectivity index (χ3n) is 2.27. The molecule has 0 aliphatic heterocycles. The number of hydrogen-bond acceptors (Lipinski definition) is 1. The zero-order valence-corrected chi connectivity index (χ0v) is 7.51. The Morgan fingerprint density at radius 1 is 1.27 bits per heavy atom. The molecule has 1 aromatic rings. The van der Waals surface area contributed by atoms with Crippen molar-refractivity contribution in [1.29, 1.82) is 0 Å². The second kappa shape index (κ2) is 2.57. The zero-order chi connectivity index (χ0) is 8.59. The highest BCUT2D eigenvalue weighted by Gasteiger charge is 2.07. The molecule has 0 radical (unpaired) electrons. The van der Waals surface area contributed by atoms with Crippen molar-refractivity contribution in [3.8, 4) is 0 Å². The van der Waals surface area contributed by atoms with Crippen molar-refractivity contribution in [3.63, 3.8) is 0 Å². The van der Waals surface area contributed by atoms with Crippen LogP contribution in [0.2, 0.25) is 0 Å². The summed E-state index contributed by atoms with van der Waals surface area (Å²) >= 11 is 0.